The van der Waals surface area contributed by atoms with Crippen LogP contribution < -0.4 is 11.1 Å². The second-order valence-corrected chi connectivity index (χ2v) is 12.7. The van der Waals surface area contributed by atoms with Crippen LogP contribution in [-0.2, 0) is 16.0 Å². The number of hydrogen-bond acceptors (Lipinski definition) is 3. The van der Waals surface area contributed by atoms with Gasteiger partial charge in [0.2, 0.25) is 11.8 Å². The van der Waals surface area contributed by atoms with E-state index in [4.69, 9.17) is 17.3 Å². The van der Waals surface area contributed by atoms with Gasteiger partial charge in [-0.3, -0.25) is 9.59 Å². The summed E-state index contributed by atoms with van der Waals surface area (Å²) in [5, 5.41) is 4.00. The van der Waals surface area contributed by atoms with Gasteiger partial charge in [-0.1, -0.05) is 70.5 Å². The first kappa shape index (κ1) is 29.7. The monoisotopic (exact) mass is 529 g/mol. The normalized spacial score (nSPS) is 30.6. The molecule has 6 heteroatoms. The third-order valence-corrected chi connectivity index (χ3v) is 9.09. The van der Waals surface area contributed by atoms with Crippen LogP contribution in [0.5, 0.6) is 0 Å². The van der Waals surface area contributed by atoms with Crippen molar-refractivity contribution in [1.82, 2.24) is 10.2 Å². The highest BCUT2D eigenvalue weighted by Crippen LogP contribution is 2.34. The Morgan fingerprint density at radius 3 is 2.54 bits per heavy atom. The lowest BCUT2D eigenvalue weighted by Crippen LogP contribution is -2.63. The summed E-state index contributed by atoms with van der Waals surface area (Å²) in [5.74, 6) is 2.09. The van der Waals surface area contributed by atoms with Crippen molar-refractivity contribution >= 4 is 23.4 Å². The van der Waals surface area contributed by atoms with Gasteiger partial charge in [-0.2, -0.15) is 0 Å². The van der Waals surface area contributed by atoms with Crippen molar-refractivity contribution in [3.8, 4) is 0 Å². The molecule has 206 valence electrons. The number of piperidine rings is 1. The van der Waals surface area contributed by atoms with Gasteiger partial charge >= 0.3 is 0 Å². The van der Waals surface area contributed by atoms with Crippen LogP contribution in [0.1, 0.15) is 78.7 Å². The Morgan fingerprint density at radius 1 is 1.16 bits per heavy atom. The summed E-state index contributed by atoms with van der Waals surface area (Å²) in [6.07, 6.45) is 10.8. The van der Waals surface area contributed by atoms with Crippen LogP contribution in [0.15, 0.2) is 36.4 Å². The van der Waals surface area contributed by atoms with Crippen LogP contribution in [0.3, 0.4) is 0 Å². The van der Waals surface area contributed by atoms with Gasteiger partial charge in [0, 0.05) is 24.5 Å². The number of nitrogens with one attached hydrogen (secondary N) is 1. The highest BCUT2D eigenvalue weighted by atomic mass is 35.5. The molecule has 0 spiro atoms. The van der Waals surface area contributed by atoms with Crippen LogP contribution in [-0.4, -0.2) is 41.4 Å². The molecular weight excluding hydrogens is 482 g/mol. The molecule has 0 aromatic heterocycles. The summed E-state index contributed by atoms with van der Waals surface area (Å²) in [6.45, 7) is 12.1. The van der Waals surface area contributed by atoms with Crippen LogP contribution in [0.25, 0.3) is 0 Å². The Labute approximate surface area is 229 Å². The number of nitrogens with two attached hydrogens (primary N) is 1. The van der Waals surface area contributed by atoms with E-state index in [1.165, 1.54) is 0 Å². The molecule has 1 fully saturated rings. The number of amides is 2. The van der Waals surface area contributed by atoms with Gasteiger partial charge in [0.1, 0.15) is 0 Å². The number of allylic oxidation sites excluding steroid dienone is 2. The molecule has 0 saturated carbocycles. The SMILES string of the molecule is CC1/C=C\CC(C)C(C)[C@@H](CC(=O)N2CCCC(Cc3ccc(Cl)cc3)(NC(=O)C(N)C(C)C)C2)CC1. The molecule has 37 heavy (non-hydrogen) atoms. The summed E-state index contributed by atoms with van der Waals surface area (Å²) in [5.41, 5.74) is 6.79. The number of likely N-dealkylation sites (tertiary alicyclic amines) is 1. The Bertz CT molecular complexity index is 931. The lowest BCUT2D eigenvalue weighted by Gasteiger charge is -2.45. The number of halogens is 1. The second-order valence-electron chi connectivity index (χ2n) is 12.3. The van der Waals surface area contributed by atoms with Crippen molar-refractivity contribution in [1.29, 1.82) is 0 Å². The van der Waals surface area contributed by atoms with Crippen LogP contribution in [0.2, 0.25) is 5.02 Å². The first-order valence-electron chi connectivity index (χ1n) is 14.3. The molecule has 3 N–H and O–H groups in total. The van der Waals surface area contributed by atoms with Gasteiger partial charge in [-0.05, 0) is 85.8 Å². The molecule has 5 nitrogen and oxygen atoms in total. The molecule has 1 heterocycles. The summed E-state index contributed by atoms with van der Waals surface area (Å²) >= 11 is 6.13. The average molecular weight is 530 g/mol. The molecule has 3 rings (SSSR count). The van der Waals surface area contributed by atoms with E-state index in [9.17, 15) is 9.59 Å². The van der Waals surface area contributed by atoms with Crippen LogP contribution >= 0.6 is 11.6 Å². The highest BCUT2D eigenvalue weighted by molar-refractivity contribution is 6.30. The minimum absolute atomic E-state index is 0.0395. The molecular formula is C31H48ClN3O2. The Kier molecular flexibility index (Phi) is 10.7. The van der Waals surface area contributed by atoms with Crippen molar-refractivity contribution in [3.63, 3.8) is 0 Å². The Hall–Kier alpha value is -1.85. The largest absolute Gasteiger partial charge is 0.347 e. The third kappa shape index (κ3) is 8.32. The van der Waals surface area contributed by atoms with E-state index in [-0.39, 0.29) is 17.7 Å². The maximum Gasteiger partial charge on any atom is 0.237 e. The average Bonchev–Trinajstić information content (AvgIpc) is 2.91. The standard InChI is InChI=1S/C31H48ClN3O2/c1-21(2)29(33)30(37)34-31(19-25-11-14-27(32)15-12-25)16-7-17-35(20-31)28(36)18-26-13-10-22(3)8-6-9-23(4)24(26)5/h6,8,11-12,14-15,21-24,26,29H,7,9-10,13,16-20,33H2,1-5H3,(H,34,37)/b8-6-/t22?,23?,24?,26-,29?,31?/m1/s1. The third-order valence-electron chi connectivity index (χ3n) is 8.84. The quantitative estimate of drug-likeness (QED) is 0.425. The van der Waals surface area contributed by atoms with E-state index in [2.05, 4.69) is 38.2 Å². The summed E-state index contributed by atoms with van der Waals surface area (Å²) in [4.78, 5) is 28.9. The summed E-state index contributed by atoms with van der Waals surface area (Å²) < 4.78 is 0. The fraction of sp³-hybridized carbons (Fsp3) is 0.677. The molecule has 5 unspecified atom stereocenters. The summed E-state index contributed by atoms with van der Waals surface area (Å²) in [6, 6.07) is 7.20. The fourth-order valence-corrected chi connectivity index (χ4v) is 6.08. The second kappa shape index (κ2) is 13.3. The zero-order chi connectivity index (χ0) is 27.2. The molecule has 2 aliphatic rings. The van der Waals surface area contributed by atoms with Gasteiger partial charge in [0.25, 0.3) is 0 Å². The number of hydrogen-bond donors (Lipinski definition) is 2. The molecule has 0 radical (unpaired) electrons. The van der Waals surface area contributed by atoms with Gasteiger partial charge in [-0.15, -0.1) is 0 Å². The van der Waals surface area contributed by atoms with E-state index in [0.717, 1.165) is 44.2 Å². The predicted octanol–water partition coefficient (Wildman–Crippen LogP) is 6.00. The van der Waals surface area contributed by atoms with E-state index < -0.39 is 11.6 Å². The van der Waals surface area contributed by atoms with Crippen molar-refractivity contribution in [2.24, 2.45) is 35.3 Å². The van der Waals surface area contributed by atoms with E-state index in [1.54, 1.807) is 0 Å². The predicted molar refractivity (Wildman–Crippen MR) is 153 cm³/mol. The van der Waals surface area contributed by atoms with Crippen LogP contribution in [0.4, 0.5) is 0 Å². The molecule has 6 atom stereocenters. The lowest BCUT2D eigenvalue weighted by atomic mass is 9.77. The molecule has 1 aromatic rings. The van der Waals surface area contributed by atoms with E-state index in [1.807, 2.05) is 43.0 Å². The number of nitrogens with zero attached hydrogens (tertiary/aromatic N) is 1. The van der Waals surface area contributed by atoms with E-state index >= 15 is 0 Å². The number of benzene rings is 1. The number of carbonyl (C=O) groups excluding carboxylic acids is 2. The fourth-order valence-electron chi connectivity index (χ4n) is 5.96. The molecule has 1 aromatic carbocycles. The zero-order valence-electron chi connectivity index (χ0n) is 23.5. The smallest absolute Gasteiger partial charge is 0.237 e. The molecule has 1 saturated heterocycles. The lowest BCUT2D eigenvalue weighted by molar-refractivity contribution is -0.137. The zero-order valence-corrected chi connectivity index (χ0v) is 24.3. The first-order chi connectivity index (χ1) is 17.5. The maximum absolute atomic E-state index is 13.8. The summed E-state index contributed by atoms with van der Waals surface area (Å²) in [7, 11) is 0. The van der Waals surface area contributed by atoms with Gasteiger partial charge < -0.3 is 16.0 Å². The molecule has 0 bridgehead atoms. The topological polar surface area (TPSA) is 75.4 Å². The van der Waals surface area contributed by atoms with Gasteiger partial charge in [-0.25, -0.2) is 0 Å². The van der Waals surface area contributed by atoms with Gasteiger partial charge in [0.05, 0.1) is 11.6 Å². The Morgan fingerprint density at radius 2 is 1.86 bits per heavy atom. The van der Waals surface area contributed by atoms with E-state index in [0.29, 0.717) is 48.1 Å². The Balaban J connectivity index is 1.78. The molecule has 1 aliphatic carbocycles. The number of carbonyl (C=O) groups is 2. The number of rotatable bonds is 7. The van der Waals surface area contributed by atoms with Gasteiger partial charge in [0.15, 0.2) is 0 Å². The van der Waals surface area contributed by atoms with Crippen LogP contribution in [0, 0.1) is 29.6 Å². The molecule has 2 amide bonds. The van der Waals surface area contributed by atoms with Crippen molar-refractivity contribution < 1.29 is 9.59 Å². The minimum Gasteiger partial charge on any atom is -0.347 e. The highest BCUT2D eigenvalue weighted by Gasteiger charge is 2.40. The minimum atomic E-state index is -0.579. The van der Waals surface area contributed by atoms with Crippen molar-refractivity contribution in [2.45, 2.75) is 91.1 Å². The van der Waals surface area contributed by atoms with Crippen molar-refractivity contribution in [2.75, 3.05) is 13.1 Å². The van der Waals surface area contributed by atoms with Crippen molar-refractivity contribution in [3.05, 3.63) is 47.0 Å². The maximum atomic E-state index is 13.8. The molecule has 1 aliphatic heterocycles. The first-order valence-corrected chi connectivity index (χ1v) is 14.6.